The average Bonchev–Trinajstić information content (AvgIpc) is 3.74. The fraction of sp³-hybridized carbons (Fsp3) is 0.244. The number of aryl methyl sites for hydroxylation is 1. The molecule has 6 aromatic rings. The minimum absolute atomic E-state index is 0.180. The lowest BCUT2D eigenvalue weighted by atomic mass is 10.1. The first-order chi connectivity index (χ1) is 27.1. The van der Waals surface area contributed by atoms with Crippen LogP contribution in [0.5, 0.6) is 23.0 Å². The molecule has 288 valence electrons. The highest BCUT2D eigenvalue weighted by Crippen LogP contribution is 2.40. The minimum atomic E-state index is -1.36. The highest BCUT2D eigenvalue weighted by atomic mass is 35.5. The highest BCUT2D eigenvalue weighted by molar-refractivity contribution is 6.40. The fourth-order valence-corrected chi connectivity index (χ4v) is 6.73. The largest absolute Gasteiger partial charge is 0.497 e. The van der Waals surface area contributed by atoms with Gasteiger partial charge in [0.25, 0.3) is 0 Å². The SMILES string of the molecule is COc1ccc(C(=O)OC[C@H]2O[C@@H](n3nc(C)c4c(Cl)c5cc(OC)ccc5nc43)[C@H](OC(=O)c3ccc(OC)cc3)[C@@H]2OC(=O)c2ccc(OC)cc2)cc1. The van der Waals surface area contributed by atoms with Gasteiger partial charge in [0.1, 0.15) is 35.7 Å². The molecule has 0 amide bonds. The summed E-state index contributed by atoms with van der Waals surface area (Å²) >= 11 is 7.00. The lowest BCUT2D eigenvalue weighted by Crippen LogP contribution is -2.41. The highest BCUT2D eigenvalue weighted by Gasteiger charge is 2.52. The Bertz CT molecular complexity index is 2400. The number of pyridine rings is 1. The van der Waals surface area contributed by atoms with Gasteiger partial charge in [0.05, 0.1) is 66.7 Å². The third kappa shape index (κ3) is 7.48. The summed E-state index contributed by atoms with van der Waals surface area (Å²) < 4.78 is 47.1. The number of fused-ring (bicyclic) bond motifs is 2. The van der Waals surface area contributed by atoms with Gasteiger partial charge in [-0.2, -0.15) is 5.10 Å². The monoisotopic (exact) mass is 781 g/mol. The molecule has 1 aliphatic heterocycles. The van der Waals surface area contributed by atoms with Gasteiger partial charge in [-0.25, -0.2) is 24.0 Å². The summed E-state index contributed by atoms with van der Waals surface area (Å²) in [5.74, 6) is -0.00610. The van der Waals surface area contributed by atoms with Crippen molar-refractivity contribution >= 4 is 51.4 Å². The van der Waals surface area contributed by atoms with E-state index in [2.05, 4.69) is 0 Å². The molecule has 3 heterocycles. The number of carbonyl (C=O) groups excluding carboxylic acids is 3. The van der Waals surface area contributed by atoms with Crippen LogP contribution in [0.1, 0.15) is 43.0 Å². The first-order valence-electron chi connectivity index (χ1n) is 17.3. The van der Waals surface area contributed by atoms with E-state index in [-0.39, 0.29) is 16.7 Å². The molecule has 15 heteroatoms. The van der Waals surface area contributed by atoms with Crippen molar-refractivity contribution in [3.8, 4) is 23.0 Å². The Hall–Kier alpha value is -6.38. The summed E-state index contributed by atoms with van der Waals surface area (Å²) in [7, 11) is 6.08. The summed E-state index contributed by atoms with van der Waals surface area (Å²) in [6.07, 6.45) is -5.12. The molecule has 0 saturated carbocycles. The van der Waals surface area contributed by atoms with Crippen LogP contribution in [0.4, 0.5) is 0 Å². The molecule has 2 aromatic heterocycles. The predicted octanol–water partition coefficient (Wildman–Crippen LogP) is 6.79. The Morgan fingerprint density at radius 1 is 0.679 bits per heavy atom. The summed E-state index contributed by atoms with van der Waals surface area (Å²) in [6.45, 7) is 1.34. The first-order valence-corrected chi connectivity index (χ1v) is 17.7. The van der Waals surface area contributed by atoms with Gasteiger partial charge in [-0.1, -0.05) is 11.6 Å². The van der Waals surface area contributed by atoms with Crippen molar-refractivity contribution in [1.82, 2.24) is 14.8 Å². The van der Waals surface area contributed by atoms with Crippen LogP contribution >= 0.6 is 11.6 Å². The molecule has 0 aliphatic carbocycles. The summed E-state index contributed by atoms with van der Waals surface area (Å²) in [5, 5.41) is 6.27. The van der Waals surface area contributed by atoms with Gasteiger partial charge in [0.2, 0.25) is 0 Å². The van der Waals surface area contributed by atoms with Crippen LogP contribution in [-0.2, 0) is 18.9 Å². The van der Waals surface area contributed by atoms with Crippen LogP contribution in [-0.4, -0.2) is 86.0 Å². The minimum Gasteiger partial charge on any atom is -0.497 e. The number of benzene rings is 4. The number of ether oxygens (including phenoxy) is 8. The number of halogens is 1. The van der Waals surface area contributed by atoms with E-state index >= 15 is 0 Å². The van der Waals surface area contributed by atoms with Gasteiger partial charge in [0, 0.05) is 5.39 Å². The van der Waals surface area contributed by atoms with Gasteiger partial charge >= 0.3 is 17.9 Å². The molecule has 0 radical (unpaired) electrons. The Morgan fingerprint density at radius 2 is 1.16 bits per heavy atom. The summed E-state index contributed by atoms with van der Waals surface area (Å²) in [6, 6.07) is 24.2. The second-order valence-corrected chi connectivity index (χ2v) is 13.0. The van der Waals surface area contributed by atoms with Gasteiger partial charge in [-0.05, 0) is 97.9 Å². The Morgan fingerprint density at radius 3 is 1.68 bits per heavy atom. The third-order valence-electron chi connectivity index (χ3n) is 9.31. The van der Waals surface area contributed by atoms with Crippen LogP contribution in [0.3, 0.4) is 0 Å². The standard InChI is InChI=1S/C41H36ClN3O11/c1-22-33-34(42)30-20-29(52-5)18-19-31(30)43-37(33)45(44-22)38-36(56-41(48)25-10-16-28(51-4)17-11-25)35(55-40(47)24-8-14-27(50-3)15-9-24)32(54-38)21-53-39(46)23-6-12-26(49-2)13-7-23/h6-20,32,35-36,38H,21H2,1-5H3/t32-,35-,36-,38-/m1/s1. The molecule has 7 rings (SSSR count). The lowest BCUT2D eigenvalue weighted by molar-refractivity contribution is -0.0655. The molecule has 0 spiro atoms. The van der Waals surface area contributed by atoms with Crippen LogP contribution < -0.4 is 18.9 Å². The number of nitrogens with zero attached hydrogens (tertiary/aromatic N) is 3. The average molecular weight is 782 g/mol. The number of carbonyl (C=O) groups is 3. The maximum atomic E-state index is 13.9. The molecule has 1 saturated heterocycles. The Kier molecular flexibility index (Phi) is 10.9. The van der Waals surface area contributed by atoms with Crippen molar-refractivity contribution in [1.29, 1.82) is 0 Å². The lowest BCUT2D eigenvalue weighted by Gasteiger charge is -2.24. The van der Waals surface area contributed by atoms with E-state index in [0.29, 0.717) is 55.7 Å². The zero-order chi connectivity index (χ0) is 39.5. The molecule has 0 bridgehead atoms. The van der Waals surface area contributed by atoms with Gasteiger partial charge in [0.15, 0.2) is 24.1 Å². The van der Waals surface area contributed by atoms with Crippen molar-refractivity contribution in [2.24, 2.45) is 0 Å². The smallest absolute Gasteiger partial charge is 0.338 e. The third-order valence-corrected chi connectivity index (χ3v) is 9.71. The molecule has 56 heavy (non-hydrogen) atoms. The summed E-state index contributed by atoms with van der Waals surface area (Å²) in [5.41, 5.74) is 1.93. The van der Waals surface area contributed by atoms with Crippen molar-refractivity contribution < 1.29 is 52.3 Å². The zero-order valence-electron chi connectivity index (χ0n) is 30.9. The molecule has 1 aliphatic rings. The first kappa shape index (κ1) is 37.9. The molecular weight excluding hydrogens is 746 g/mol. The topological polar surface area (TPSA) is 156 Å². The van der Waals surface area contributed by atoms with Crippen molar-refractivity contribution in [2.75, 3.05) is 35.0 Å². The molecule has 0 unspecified atom stereocenters. The van der Waals surface area contributed by atoms with E-state index < -0.39 is 49.1 Å². The van der Waals surface area contributed by atoms with Gasteiger partial charge in [-0.15, -0.1) is 0 Å². The molecular formula is C41H36ClN3O11. The van der Waals surface area contributed by atoms with Crippen LogP contribution in [0.2, 0.25) is 5.02 Å². The number of hydrogen-bond acceptors (Lipinski definition) is 13. The van der Waals surface area contributed by atoms with Gasteiger partial charge in [-0.3, -0.25) is 0 Å². The Labute approximate surface area is 325 Å². The van der Waals surface area contributed by atoms with Crippen LogP contribution in [0.25, 0.3) is 21.9 Å². The van der Waals surface area contributed by atoms with E-state index in [4.69, 9.17) is 59.6 Å². The number of esters is 3. The van der Waals surface area contributed by atoms with E-state index in [0.717, 1.165) is 0 Å². The number of methoxy groups -OCH3 is 4. The van der Waals surface area contributed by atoms with E-state index in [1.807, 2.05) is 0 Å². The molecule has 1 fully saturated rings. The van der Waals surface area contributed by atoms with E-state index in [1.165, 1.54) is 50.3 Å². The maximum absolute atomic E-state index is 13.9. The Balaban J connectivity index is 1.31. The van der Waals surface area contributed by atoms with Gasteiger partial charge < -0.3 is 37.9 Å². The quantitative estimate of drug-likeness (QED) is 0.0946. The van der Waals surface area contributed by atoms with Crippen LogP contribution in [0, 0.1) is 6.92 Å². The predicted molar refractivity (Wildman–Crippen MR) is 203 cm³/mol. The normalized spacial score (nSPS) is 17.7. The van der Waals surface area contributed by atoms with E-state index in [1.54, 1.807) is 80.8 Å². The second kappa shape index (κ2) is 16.2. The van der Waals surface area contributed by atoms with Crippen LogP contribution in [0.15, 0.2) is 91.0 Å². The second-order valence-electron chi connectivity index (χ2n) is 12.6. The van der Waals surface area contributed by atoms with Crippen molar-refractivity contribution in [3.63, 3.8) is 0 Å². The molecule has 14 nitrogen and oxygen atoms in total. The van der Waals surface area contributed by atoms with Crippen molar-refractivity contribution in [2.45, 2.75) is 31.5 Å². The number of hydrogen-bond donors (Lipinski definition) is 0. The molecule has 4 aromatic carbocycles. The molecule has 0 N–H and O–H groups in total. The van der Waals surface area contributed by atoms with E-state index in [9.17, 15) is 14.4 Å². The number of rotatable bonds is 12. The van der Waals surface area contributed by atoms with Crippen molar-refractivity contribution in [3.05, 3.63) is 118 Å². The fourth-order valence-electron chi connectivity index (χ4n) is 6.35. The summed E-state index contributed by atoms with van der Waals surface area (Å²) in [4.78, 5) is 45.8. The maximum Gasteiger partial charge on any atom is 0.338 e. The number of aromatic nitrogens is 3. The molecule has 4 atom stereocenters. The zero-order valence-corrected chi connectivity index (χ0v) is 31.6.